The molecule has 1 saturated heterocycles. The molecule has 0 saturated carbocycles. The fourth-order valence-electron chi connectivity index (χ4n) is 6.67. The van der Waals surface area contributed by atoms with Gasteiger partial charge in [0, 0.05) is 26.2 Å². The van der Waals surface area contributed by atoms with E-state index < -0.39 is 109 Å². The fraction of sp³-hybridized carbons (Fsp3) is 0.692. The number of likely N-dealkylation sites (tertiary alicyclic amines) is 1. The Bertz CT molecular complexity index is 1800. The van der Waals surface area contributed by atoms with Crippen molar-refractivity contribution in [2.45, 2.75) is 127 Å². The number of hydrogen-bond donors (Lipinski definition) is 16. The molecule has 0 aromatic rings. The Hall–Kier alpha value is -7.04. The minimum atomic E-state index is -1.30. The van der Waals surface area contributed by atoms with Gasteiger partial charge in [0.25, 0.3) is 0 Å². The van der Waals surface area contributed by atoms with Crippen LogP contribution in [0.2, 0.25) is 0 Å². The maximum atomic E-state index is 13.8. The SMILES string of the molecule is C[C@H](N)C(=O)N[C@@H](CCCN=C(N)N)C(=O)N[C@@H](CCCN=C(N)N)C(=O)N[C@@H](C)C(=O)N1CCC[C@H]1C(=O)NCC(=O)N[C@@H](CCCN=C(N)N)C(=O)N[C@@H](CCCCN)C(=O)NCC(=O)O. The Balaban J connectivity index is 3.13. The van der Waals surface area contributed by atoms with Crippen LogP contribution in [-0.2, 0) is 43.2 Å². The second-order valence-electron chi connectivity index (χ2n) is 16.0. The zero-order valence-electron chi connectivity index (χ0n) is 38.8. The van der Waals surface area contributed by atoms with E-state index in [1.807, 2.05) is 0 Å². The van der Waals surface area contributed by atoms with Gasteiger partial charge in [0.15, 0.2) is 17.9 Å². The van der Waals surface area contributed by atoms with Crippen LogP contribution in [0.25, 0.3) is 0 Å². The Morgan fingerprint density at radius 3 is 1.49 bits per heavy atom. The van der Waals surface area contributed by atoms with Gasteiger partial charge in [-0.05, 0) is 91.0 Å². The van der Waals surface area contributed by atoms with E-state index >= 15 is 0 Å². The third kappa shape index (κ3) is 23.9. The summed E-state index contributed by atoms with van der Waals surface area (Å²) in [7, 11) is 0. The molecule has 0 spiro atoms. The number of nitrogens with zero attached hydrogens (tertiary/aromatic N) is 4. The van der Waals surface area contributed by atoms with E-state index in [-0.39, 0.29) is 95.4 Å². The highest BCUT2D eigenvalue weighted by Gasteiger charge is 2.38. The summed E-state index contributed by atoms with van der Waals surface area (Å²) in [5.41, 5.74) is 43.7. The lowest BCUT2D eigenvalue weighted by Crippen LogP contribution is -2.58. The highest BCUT2D eigenvalue weighted by Crippen LogP contribution is 2.19. The number of carboxylic acids is 1. The van der Waals surface area contributed by atoms with E-state index in [0.29, 0.717) is 25.8 Å². The summed E-state index contributed by atoms with van der Waals surface area (Å²) in [5, 5.41) is 26.6. The summed E-state index contributed by atoms with van der Waals surface area (Å²) in [4.78, 5) is 130. The minimum Gasteiger partial charge on any atom is -0.480 e. The smallest absolute Gasteiger partial charge is 0.322 e. The molecular formula is C39H73N19O10. The monoisotopic (exact) mass is 968 g/mol. The molecule has 8 amide bonds. The lowest BCUT2D eigenvalue weighted by molar-refractivity contribution is -0.141. The Morgan fingerprint density at radius 2 is 1.03 bits per heavy atom. The van der Waals surface area contributed by atoms with E-state index in [4.69, 9.17) is 51.0 Å². The maximum Gasteiger partial charge on any atom is 0.322 e. The maximum absolute atomic E-state index is 13.8. The zero-order valence-corrected chi connectivity index (χ0v) is 38.8. The van der Waals surface area contributed by atoms with Gasteiger partial charge in [-0.1, -0.05) is 0 Å². The van der Waals surface area contributed by atoms with Crippen LogP contribution in [0, 0.1) is 0 Å². The van der Waals surface area contributed by atoms with Gasteiger partial charge in [-0.25, -0.2) is 0 Å². The number of rotatable bonds is 32. The Labute approximate surface area is 394 Å². The van der Waals surface area contributed by atoms with E-state index in [1.165, 1.54) is 18.7 Å². The molecule has 0 bridgehead atoms. The fourth-order valence-corrected chi connectivity index (χ4v) is 6.67. The lowest BCUT2D eigenvalue weighted by atomic mass is 10.1. The van der Waals surface area contributed by atoms with Crippen LogP contribution in [0.5, 0.6) is 0 Å². The standard InChI is InChI=1S/C39H73N19O10/c1-21(41)30(62)55-26(12-7-17-50-39(46)47)34(66)57-25(11-6-16-49-38(44)45)32(64)53-22(2)36(68)58-18-8-13-27(58)35(67)51-19-28(59)54-24(10-5-15-48-37(42)43)33(65)56-23(9-3-4-14-40)31(63)52-20-29(60)61/h21-27H,3-20,40-41H2,1-2H3,(H,51,67)(H,52,63)(H,53,64)(H,54,59)(H,55,62)(H,56,65)(H,57,66)(H,60,61)(H4,42,43,48)(H4,44,45,49)(H4,46,47,50)/t21-,22-,23-,24-,25-,26-,27-/m0/s1. The number of nitrogens with two attached hydrogens (primary N) is 8. The molecule has 1 aliphatic rings. The van der Waals surface area contributed by atoms with E-state index in [9.17, 15) is 43.2 Å². The number of unbranched alkanes of at least 4 members (excludes halogenated alkanes) is 1. The third-order valence-corrected chi connectivity index (χ3v) is 10.2. The van der Waals surface area contributed by atoms with Crippen LogP contribution >= 0.6 is 0 Å². The molecule has 0 unspecified atom stereocenters. The number of amides is 8. The first kappa shape index (κ1) is 59.0. The average molecular weight is 968 g/mol. The van der Waals surface area contributed by atoms with E-state index in [0.717, 1.165) is 0 Å². The summed E-state index contributed by atoms with van der Waals surface area (Å²) >= 11 is 0. The summed E-state index contributed by atoms with van der Waals surface area (Å²) in [6, 6.07) is -8.02. The Kier molecular flexibility index (Phi) is 27.6. The van der Waals surface area contributed by atoms with Crippen LogP contribution in [0.15, 0.2) is 15.0 Å². The molecule has 384 valence electrons. The lowest BCUT2D eigenvalue weighted by Gasteiger charge is -2.29. The van der Waals surface area contributed by atoms with Crippen LogP contribution in [0.4, 0.5) is 0 Å². The number of aliphatic imine (C=N–C) groups is 3. The molecular weight excluding hydrogens is 895 g/mol. The van der Waals surface area contributed by atoms with Gasteiger partial charge in [0.1, 0.15) is 42.8 Å². The van der Waals surface area contributed by atoms with Gasteiger partial charge >= 0.3 is 5.97 Å². The molecule has 1 heterocycles. The average Bonchev–Trinajstić information content (AvgIpc) is 3.77. The third-order valence-electron chi connectivity index (χ3n) is 10.2. The first-order chi connectivity index (χ1) is 32.1. The first-order valence-electron chi connectivity index (χ1n) is 22.3. The molecule has 24 N–H and O–H groups in total. The largest absolute Gasteiger partial charge is 0.480 e. The molecule has 1 aliphatic heterocycles. The molecule has 0 aromatic heterocycles. The van der Waals surface area contributed by atoms with Gasteiger partial charge in [-0.2, -0.15) is 0 Å². The van der Waals surface area contributed by atoms with E-state index in [1.54, 1.807) is 0 Å². The number of aliphatic carboxylic acids is 1. The second kappa shape index (κ2) is 31.8. The predicted octanol–water partition coefficient (Wildman–Crippen LogP) is -7.62. The van der Waals surface area contributed by atoms with Crippen molar-refractivity contribution in [3.05, 3.63) is 0 Å². The number of guanidine groups is 3. The van der Waals surface area contributed by atoms with Crippen molar-refractivity contribution >= 4 is 71.1 Å². The van der Waals surface area contributed by atoms with Crippen molar-refractivity contribution in [3.8, 4) is 0 Å². The van der Waals surface area contributed by atoms with E-state index in [2.05, 4.69) is 52.2 Å². The van der Waals surface area contributed by atoms with Gasteiger partial charge in [-0.3, -0.25) is 58.1 Å². The molecule has 29 heteroatoms. The van der Waals surface area contributed by atoms with Crippen LogP contribution < -0.4 is 83.1 Å². The minimum absolute atomic E-state index is 0.00428. The van der Waals surface area contributed by atoms with Crippen molar-refractivity contribution in [2.24, 2.45) is 60.8 Å². The molecule has 29 nitrogen and oxygen atoms in total. The summed E-state index contributed by atoms with van der Waals surface area (Å²) in [5.74, 6) is -7.64. The molecule has 68 heavy (non-hydrogen) atoms. The topological polar surface area (TPSA) is 507 Å². The van der Waals surface area contributed by atoms with Gasteiger partial charge in [-0.15, -0.1) is 0 Å². The molecule has 0 aromatic carbocycles. The number of nitrogens with one attached hydrogen (secondary N) is 7. The van der Waals surface area contributed by atoms with Gasteiger partial charge < -0.3 is 93.1 Å². The molecule has 7 atom stereocenters. The van der Waals surface area contributed by atoms with Gasteiger partial charge in [0.2, 0.25) is 47.3 Å². The Morgan fingerprint density at radius 1 is 0.588 bits per heavy atom. The summed E-state index contributed by atoms with van der Waals surface area (Å²) in [6.45, 7) is 2.29. The molecule has 0 radical (unpaired) electrons. The van der Waals surface area contributed by atoms with Crippen LogP contribution in [0.3, 0.4) is 0 Å². The normalized spacial score (nSPS) is 15.6. The van der Waals surface area contributed by atoms with Crippen molar-refractivity contribution in [3.63, 3.8) is 0 Å². The zero-order chi connectivity index (χ0) is 51.3. The summed E-state index contributed by atoms with van der Waals surface area (Å²) < 4.78 is 0. The highest BCUT2D eigenvalue weighted by molar-refractivity contribution is 5.97. The number of hydrogen-bond acceptors (Lipinski definition) is 14. The quantitative estimate of drug-likeness (QED) is 0.0169. The molecule has 1 fully saturated rings. The predicted molar refractivity (Wildman–Crippen MR) is 250 cm³/mol. The van der Waals surface area contributed by atoms with Gasteiger partial charge in [0.05, 0.1) is 12.6 Å². The molecule has 0 aliphatic carbocycles. The number of carbonyl (C=O) groups excluding carboxylic acids is 8. The number of carbonyl (C=O) groups is 9. The van der Waals surface area contributed by atoms with Crippen molar-refractivity contribution in [1.82, 2.24) is 42.1 Å². The number of carboxylic acid groups (broad SMARTS) is 1. The highest BCUT2D eigenvalue weighted by atomic mass is 16.4. The van der Waals surface area contributed by atoms with Crippen molar-refractivity contribution < 1.29 is 48.3 Å². The van der Waals surface area contributed by atoms with Crippen molar-refractivity contribution in [1.29, 1.82) is 0 Å². The van der Waals surface area contributed by atoms with Crippen molar-refractivity contribution in [2.75, 3.05) is 45.8 Å². The summed E-state index contributed by atoms with van der Waals surface area (Å²) in [6.07, 6.45) is 2.44. The first-order valence-corrected chi connectivity index (χ1v) is 22.3. The second-order valence-corrected chi connectivity index (χ2v) is 16.0. The van der Waals surface area contributed by atoms with Crippen LogP contribution in [0.1, 0.15) is 84.5 Å². The molecule has 1 rings (SSSR count). The van der Waals surface area contributed by atoms with Crippen LogP contribution in [-0.4, -0.2) is 169 Å².